The van der Waals surface area contributed by atoms with Crippen molar-refractivity contribution in [2.75, 3.05) is 33.9 Å². The summed E-state index contributed by atoms with van der Waals surface area (Å²) >= 11 is 0. The molecule has 7 bridgehead atoms. The van der Waals surface area contributed by atoms with Crippen molar-refractivity contribution in [2.45, 2.75) is 81.5 Å². The van der Waals surface area contributed by atoms with Crippen LogP contribution in [0.1, 0.15) is 46.0 Å². The molecule has 4 N–H and O–H groups in total. The van der Waals surface area contributed by atoms with Crippen LogP contribution < -0.4 is 4.90 Å². The van der Waals surface area contributed by atoms with Gasteiger partial charge in [0.25, 0.3) is 0 Å². The van der Waals surface area contributed by atoms with E-state index in [4.69, 9.17) is 14.2 Å². The zero-order valence-electron chi connectivity index (χ0n) is 20.3. The zero-order valence-corrected chi connectivity index (χ0v) is 20.3. The molecule has 8 nitrogen and oxygen atoms in total. The Hall–Kier alpha value is -0.770. The van der Waals surface area contributed by atoms with Crippen molar-refractivity contribution in [3.63, 3.8) is 0 Å². The van der Waals surface area contributed by atoms with Crippen LogP contribution in [0.5, 0.6) is 0 Å². The quantitative estimate of drug-likeness (QED) is 0.391. The molecule has 8 heteroatoms. The van der Waals surface area contributed by atoms with E-state index in [9.17, 15) is 20.1 Å². The monoisotopic (exact) mass is 466 g/mol. The molecule has 0 radical (unpaired) electrons. The Morgan fingerprint density at radius 2 is 1.94 bits per heavy atom. The van der Waals surface area contributed by atoms with Crippen LogP contribution in [0, 0.1) is 34.5 Å². The predicted octanol–water partition coefficient (Wildman–Crippen LogP) is -0.854. The number of hydrogen-bond donors (Lipinski definition) is 4. The maximum Gasteiger partial charge on any atom is 0.302 e. The van der Waals surface area contributed by atoms with Crippen LogP contribution in [0.25, 0.3) is 0 Å². The summed E-state index contributed by atoms with van der Waals surface area (Å²) in [5.74, 6) is -0.776. The molecular weight excluding hydrogens is 426 g/mol. The second-order valence-corrected chi connectivity index (χ2v) is 12.2. The summed E-state index contributed by atoms with van der Waals surface area (Å²) in [5, 5.41) is 37.1. The molecule has 33 heavy (non-hydrogen) atoms. The number of hydrogen-bond acceptors (Lipinski definition) is 7. The number of nitrogens with one attached hydrogen (secondary N) is 1. The van der Waals surface area contributed by atoms with Crippen LogP contribution in [0.4, 0.5) is 0 Å². The van der Waals surface area contributed by atoms with Crippen LogP contribution in [0.2, 0.25) is 0 Å². The number of likely N-dealkylation sites (N-methyl/N-ethyl adjacent to an activating group) is 1. The van der Waals surface area contributed by atoms with Gasteiger partial charge in [-0.15, -0.1) is 0 Å². The van der Waals surface area contributed by atoms with Gasteiger partial charge in [-0.2, -0.15) is 0 Å². The largest absolute Gasteiger partial charge is 0.462 e. The third-order valence-electron chi connectivity index (χ3n) is 11.5. The second kappa shape index (κ2) is 6.92. The third-order valence-corrected chi connectivity index (χ3v) is 11.5. The van der Waals surface area contributed by atoms with Crippen molar-refractivity contribution in [3.8, 4) is 0 Å². The van der Waals surface area contributed by atoms with Crippen molar-refractivity contribution in [3.05, 3.63) is 0 Å². The molecule has 1 saturated heterocycles. The first-order valence-corrected chi connectivity index (χ1v) is 12.8. The predicted molar refractivity (Wildman–Crippen MR) is 116 cm³/mol. The summed E-state index contributed by atoms with van der Waals surface area (Å²) in [4.78, 5) is 13.4. The Labute approximate surface area is 195 Å². The van der Waals surface area contributed by atoms with Gasteiger partial charge in [0, 0.05) is 44.8 Å². The minimum absolute atomic E-state index is 0.0387. The summed E-state index contributed by atoms with van der Waals surface area (Å²) in [6.45, 7) is 5.86. The average molecular weight is 467 g/mol. The molecule has 5 aliphatic carbocycles. The third kappa shape index (κ3) is 2.32. The van der Waals surface area contributed by atoms with Crippen molar-refractivity contribution in [2.24, 2.45) is 34.5 Å². The topological polar surface area (TPSA) is 110 Å². The van der Waals surface area contributed by atoms with E-state index in [-0.39, 0.29) is 41.3 Å². The van der Waals surface area contributed by atoms with Crippen molar-refractivity contribution in [1.82, 2.24) is 0 Å². The Bertz CT molecular complexity index is 855. The zero-order chi connectivity index (χ0) is 23.6. The van der Waals surface area contributed by atoms with Gasteiger partial charge < -0.3 is 34.4 Å². The fourth-order valence-electron chi connectivity index (χ4n) is 10.9. The van der Waals surface area contributed by atoms with Gasteiger partial charge in [-0.1, -0.05) is 0 Å². The normalized spacial score (nSPS) is 60.0. The van der Waals surface area contributed by atoms with E-state index in [1.54, 1.807) is 14.2 Å². The number of likely N-dealkylation sites (tertiary alicyclic amines) is 1. The van der Waals surface area contributed by atoms with Crippen LogP contribution in [0.15, 0.2) is 0 Å². The first-order chi connectivity index (χ1) is 15.6. The van der Waals surface area contributed by atoms with Gasteiger partial charge in [-0.05, 0) is 44.4 Å². The lowest BCUT2D eigenvalue weighted by molar-refractivity contribution is -0.956. The molecule has 0 aromatic rings. The molecule has 1 spiro atoms. The number of esters is 1. The second-order valence-electron chi connectivity index (χ2n) is 12.2. The maximum absolute atomic E-state index is 12.7. The number of aliphatic hydroxyl groups excluding tert-OH is 1. The molecular formula is C25H40NO7+. The number of carbonyl (C=O) groups is 1. The SMILES string of the molecule is CC[NH+]1CC2(COC)CCC(O)C34C5CC6C(OC)CC(O)(C5C6OC(C)=O)C(O)(CC23)C14. The molecule has 1 heterocycles. The standard InChI is InChI=1S/C25H39NO7/c1-5-26-11-22(12-31-3)7-6-18(28)25-15-8-14-16(32-4)9-23(29,19(15)20(14)33-13(2)27)24(30,21(25)26)10-17(22)25/h14-21,28-30H,5-12H2,1-4H3/p+1. The molecule has 0 aromatic carbocycles. The highest BCUT2D eigenvalue weighted by molar-refractivity contribution is 5.66. The smallest absolute Gasteiger partial charge is 0.302 e. The van der Waals surface area contributed by atoms with Gasteiger partial charge in [-0.3, -0.25) is 4.79 Å². The van der Waals surface area contributed by atoms with E-state index in [1.807, 2.05) is 0 Å². The highest BCUT2D eigenvalue weighted by atomic mass is 16.5. The van der Waals surface area contributed by atoms with Gasteiger partial charge in [0.15, 0.2) is 0 Å². The number of methoxy groups -OCH3 is 2. The number of aliphatic hydroxyl groups is 3. The van der Waals surface area contributed by atoms with E-state index in [0.29, 0.717) is 25.9 Å². The molecule has 0 amide bonds. The minimum atomic E-state index is -1.43. The van der Waals surface area contributed by atoms with Crippen LogP contribution in [0.3, 0.4) is 0 Å². The number of ether oxygens (including phenoxy) is 3. The number of quaternary nitrogens is 1. The number of rotatable bonds is 5. The lowest BCUT2D eigenvalue weighted by atomic mass is 9.42. The molecule has 6 rings (SSSR count). The van der Waals surface area contributed by atoms with Crippen LogP contribution in [-0.2, 0) is 19.0 Å². The Kier molecular flexibility index (Phi) is 4.75. The van der Waals surface area contributed by atoms with Crippen molar-refractivity contribution < 1.29 is 39.2 Å². The Morgan fingerprint density at radius 1 is 1.18 bits per heavy atom. The highest BCUT2D eigenvalue weighted by Crippen LogP contribution is 2.77. The van der Waals surface area contributed by atoms with E-state index >= 15 is 0 Å². The molecule has 6 aliphatic rings. The first kappa shape index (κ1) is 22.7. The molecule has 13 atom stereocenters. The maximum atomic E-state index is 12.7. The van der Waals surface area contributed by atoms with Gasteiger partial charge in [-0.25, -0.2) is 0 Å². The molecule has 1 aliphatic heterocycles. The number of carbonyl (C=O) groups excluding carboxylic acids is 1. The number of fused-ring (bicyclic) bond motifs is 2. The van der Waals surface area contributed by atoms with Crippen molar-refractivity contribution in [1.29, 1.82) is 0 Å². The summed E-state index contributed by atoms with van der Waals surface area (Å²) in [5.41, 5.74) is -3.47. The van der Waals surface area contributed by atoms with E-state index in [2.05, 4.69) is 6.92 Å². The van der Waals surface area contributed by atoms with E-state index in [1.165, 1.54) is 11.8 Å². The molecule has 6 fully saturated rings. The van der Waals surface area contributed by atoms with Crippen molar-refractivity contribution >= 4 is 5.97 Å². The minimum Gasteiger partial charge on any atom is -0.462 e. The molecule has 5 saturated carbocycles. The average Bonchev–Trinajstić information content (AvgIpc) is 3.17. The van der Waals surface area contributed by atoms with Gasteiger partial charge in [0.1, 0.15) is 23.3 Å². The summed E-state index contributed by atoms with van der Waals surface area (Å²) < 4.78 is 17.5. The van der Waals surface area contributed by atoms with Gasteiger partial charge in [0.2, 0.25) is 0 Å². The first-order valence-electron chi connectivity index (χ1n) is 12.8. The lowest BCUT2D eigenvalue weighted by Crippen LogP contribution is -3.23. The van der Waals surface area contributed by atoms with E-state index < -0.39 is 34.7 Å². The molecule has 186 valence electrons. The van der Waals surface area contributed by atoms with E-state index in [0.717, 1.165) is 25.9 Å². The summed E-state index contributed by atoms with van der Waals surface area (Å²) in [6.07, 6.45) is 1.73. The fraction of sp³-hybridized carbons (Fsp3) is 0.960. The molecule has 0 aromatic heterocycles. The Balaban J connectivity index is 1.60. The van der Waals surface area contributed by atoms with Gasteiger partial charge >= 0.3 is 5.97 Å². The lowest BCUT2D eigenvalue weighted by Gasteiger charge is -2.67. The van der Waals surface area contributed by atoms with Crippen LogP contribution >= 0.6 is 0 Å². The molecule has 13 unspecified atom stereocenters. The number of piperidine rings is 1. The van der Waals surface area contributed by atoms with Crippen LogP contribution in [-0.4, -0.2) is 90.8 Å². The summed E-state index contributed by atoms with van der Waals surface area (Å²) in [6, 6.07) is -0.251. The van der Waals surface area contributed by atoms with Gasteiger partial charge in [0.05, 0.1) is 37.3 Å². The Morgan fingerprint density at radius 3 is 2.58 bits per heavy atom. The summed E-state index contributed by atoms with van der Waals surface area (Å²) in [7, 11) is 3.39. The highest BCUT2D eigenvalue weighted by Gasteiger charge is 2.90. The fourth-order valence-corrected chi connectivity index (χ4v) is 10.9.